The molecule has 1 aromatic heterocycles. The molecule has 20 heavy (non-hydrogen) atoms. The zero-order valence-electron chi connectivity index (χ0n) is 11.0. The van der Waals surface area contributed by atoms with Crippen molar-refractivity contribution in [2.45, 2.75) is 13.5 Å². The van der Waals surface area contributed by atoms with Gasteiger partial charge < -0.3 is 0 Å². The normalized spacial score (nSPS) is 10.7. The number of benzene rings is 2. The number of hydrogen-bond donors (Lipinski definition) is 0. The summed E-state index contributed by atoms with van der Waals surface area (Å²) in [6.07, 6.45) is 0. The first-order chi connectivity index (χ1) is 9.72. The van der Waals surface area contributed by atoms with E-state index in [4.69, 9.17) is 11.6 Å². The lowest BCUT2D eigenvalue weighted by Gasteiger charge is -2.05. The van der Waals surface area contributed by atoms with E-state index in [0.29, 0.717) is 6.54 Å². The van der Waals surface area contributed by atoms with Crippen LogP contribution in [0.15, 0.2) is 48.5 Å². The molecule has 0 radical (unpaired) electrons. The van der Waals surface area contributed by atoms with Gasteiger partial charge in [-0.25, -0.2) is 4.68 Å². The molecule has 0 unspecified atom stereocenters. The van der Waals surface area contributed by atoms with Gasteiger partial charge in [0.25, 0.3) is 0 Å². The van der Waals surface area contributed by atoms with Gasteiger partial charge in [0.2, 0.25) is 0 Å². The fourth-order valence-corrected chi connectivity index (χ4v) is 2.11. The number of tetrazole rings is 1. The molecule has 0 saturated carbocycles. The van der Waals surface area contributed by atoms with E-state index in [-0.39, 0.29) is 0 Å². The highest BCUT2D eigenvalue weighted by Crippen LogP contribution is 2.18. The quantitative estimate of drug-likeness (QED) is 0.741. The van der Waals surface area contributed by atoms with Crippen molar-refractivity contribution < 1.29 is 0 Å². The third kappa shape index (κ3) is 2.70. The van der Waals surface area contributed by atoms with Crippen molar-refractivity contribution >= 4 is 11.6 Å². The number of rotatable bonds is 3. The van der Waals surface area contributed by atoms with Gasteiger partial charge in [-0.15, -0.1) is 5.10 Å². The summed E-state index contributed by atoms with van der Waals surface area (Å²) in [5.41, 5.74) is 3.33. The van der Waals surface area contributed by atoms with Crippen LogP contribution < -0.4 is 0 Å². The Morgan fingerprint density at radius 3 is 2.40 bits per heavy atom. The highest BCUT2D eigenvalue weighted by molar-refractivity contribution is 6.30. The number of nitrogens with zero attached hydrogens (tertiary/aromatic N) is 4. The van der Waals surface area contributed by atoms with Gasteiger partial charge in [-0.05, 0) is 35.0 Å². The van der Waals surface area contributed by atoms with E-state index in [9.17, 15) is 0 Å². The largest absolute Gasteiger partial charge is 0.221 e. The molecule has 5 heteroatoms. The van der Waals surface area contributed by atoms with Crippen LogP contribution in [-0.2, 0) is 6.54 Å². The number of aryl methyl sites for hydroxylation is 1. The van der Waals surface area contributed by atoms with E-state index in [0.717, 1.165) is 22.0 Å². The summed E-state index contributed by atoms with van der Waals surface area (Å²) in [5.74, 6) is 0.764. The van der Waals surface area contributed by atoms with Crippen molar-refractivity contribution in [2.75, 3.05) is 0 Å². The first-order valence-corrected chi connectivity index (χ1v) is 6.68. The average molecular weight is 285 g/mol. The predicted octanol–water partition coefficient (Wildman–Crippen LogP) is 3.35. The second-order valence-corrected chi connectivity index (χ2v) is 5.09. The summed E-state index contributed by atoms with van der Waals surface area (Å²) in [7, 11) is 0. The average Bonchev–Trinajstić information content (AvgIpc) is 2.90. The van der Waals surface area contributed by atoms with E-state index in [2.05, 4.69) is 34.6 Å². The van der Waals surface area contributed by atoms with Crippen LogP contribution in [0.3, 0.4) is 0 Å². The van der Waals surface area contributed by atoms with Crippen molar-refractivity contribution in [2.24, 2.45) is 0 Å². The SMILES string of the molecule is Cc1ccc(-c2nnnn2Cc2ccc(Cl)cc2)cc1. The second-order valence-electron chi connectivity index (χ2n) is 4.65. The molecular weight excluding hydrogens is 272 g/mol. The van der Waals surface area contributed by atoms with Crippen molar-refractivity contribution in [1.82, 2.24) is 20.2 Å². The van der Waals surface area contributed by atoms with Crippen molar-refractivity contribution in [1.29, 1.82) is 0 Å². The van der Waals surface area contributed by atoms with Crippen LogP contribution in [0, 0.1) is 6.92 Å². The van der Waals surface area contributed by atoms with Gasteiger partial charge in [-0.3, -0.25) is 0 Å². The van der Waals surface area contributed by atoms with Crippen molar-refractivity contribution in [3.05, 3.63) is 64.7 Å². The smallest absolute Gasteiger partial charge is 0.182 e. The van der Waals surface area contributed by atoms with Crippen LogP contribution in [0.25, 0.3) is 11.4 Å². The Kier molecular flexibility index (Phi) is 3.48. The van der Waals surface area contributed by atoms with E-state index in [1.54, 1.807) is 4.68 Å². The molecule has 0 saturated heterocycles. The van der Waals surface area contributed by atoms with Gasteiger partial charge >= 0.3 is 0 Å². The minimum Gasteiger partial charge on any atom is -0.221 e. The maximum atomic E-state index is 5.89. The molecule has 4 nitrogen and oxygen atoms in total. The van der Waals surface area contributed by atoms with Gasteiger partial charge in [-0.2, -0.15) is 0 Å². The molecule has 1 heterocycles. The fourth-order valence-electron chi connectivity index (χ4n) is 1.98. The molecule has 3 rings (SSSR count). The molecule has 0 amide bonds. The molecule has 0 aliphatic rings. The Morgan fingerprint density at radius 2 is 1.70 bits per heavy atom. The molecule has 100 valence electrons. The van der Waals surface area contributed by atoms with E-state index in [1.165, 1.54) is 5.56 Å². The van der Waals surface area contributed by atoms with Crippen molar-refractivity contribution in [3.63, 3.8) is 0 Å². The first kappa shape index (κ1) is 12.8. The maximum absolute atomic E-state index is 5.89. The van der Waals surface area contributed by atoms with Crippen LogP contribution in [0.5, 0.6) is 0 Å². The lowest BCUT2D eigenvalue weighted by Crippen LogP contribution is -2.04. The fraction of sp³-hybridized carbons (Fsp3) is 0.133. The molecular formula is C15H13ClN4. The zero-order chi connectivity index (χ0) is 13.9. The second kappa shape index (κ2) is 5.43. The molecule has 0 atom stereocenters. The summed E-state index contributed by atoms with van der Waals surface area (Å²) < 4.78 is 1.79. The standard InChI is InChI=1S/C15H13ClN4/c1-11-2-6-13(7-3-11)15-17-18-19-20(15)10-12-4-8-14(16)9-5-12/h2-9H,10H2,1H3. The maximum Gasteiger partial charge on any atom is 0.182 e. The highest BCUT2D eigenvalue weighted by Gasteiger charge is 2.09. The monoisotopic (exact) mass is 284 g/mol. The lowest BCUT2D eigenvalue weighted by atomic mass is 10.1. The highest BCUT2D eigenvalue weighted by atomic mass is 35.5. The third-order valence-electron chi connectivity index (χ3n) is 3.09. The number of halogens is 1. The topological polar surface area (TPSA) is 43.6 Å². The molecule has 0 aliphatic carbocycles. The van der Waals surface area contributed by atoms with E-state index in [1.807, 2.05) is 36.4 Å². The Morgan fingerprint density at radius 1 is 1.00 bits per heavy atom. The summed E-state index contributed by atoms with van der Waals surface area (Å²) in [5, 5.41) is 12.7. The van der Waals surface area contributed by atoms with Crippen LogP contribution in [0.2, 0.25) is 5.02 Å². The van der Waals surface area contributed by atoms with Gasteiger partial charge in [0.1, 0.15) is 0 Å². The summed E-state index contributed by atoms with van der Waals surface area (Å²) in [6, 6.07) is 15.8. The minimum atomic E-state index is 0.618. The van der Waals surface area contributed by atoms with Crippen LogP contribution in [-0.4, -0.2) is 20.2 Å². The summed E-state index contributed by atoms with van der Waals surface area (Å²) in [4.78, 5) is 0. The molecule has 0 N–H and O–H groups in total. The Hall–Kier alpha value is -2.20. The minimum absolute atomic E-state index is 0.618. The summed E-state index contributed by atoms with van der Waals surface area (Å²) >= 11 is 5.89. The van der Waals surface area contributed by atoms with Crippen LogP contribution in [0.1, 0.15) is 11.1 Å². The van der Waals surface area contributed by atoms with Gasteiger partial charge in [0.15, 0.2) is 5.82 Å². The van der Waals surface area contributed by atoms with Gasteiger partial charge in [0, 0.05) is 10.6 Å². The molecule has 0 spiro atoms. The Balaban J connectivity index is 1.90. The molecule has 0 bridgehead atoms. The molecule has 3 aromatic rings. The Bertz CT molecular complexity index is 701. The molecule has 0 aliphatic heterocycles. The van der Waals surface area contributed by atoms with E-state index >= 15 is 0 Å². The van der Waals surface area contributed by atoms with Crippen LogP contribution >= 0.6 is 11.6 Å². The summed E-state index contributed by atoms with van der Waals surface area (Å²) in [6.45, 7) is 2.67. The van der Waals surface area contributed by atoms with Crippen LogP contribution in [0.4, 0.5) is 0 Å². The third-order valence-corrected chi connectivity index (χ3v) is 3.34. The molecule has 0 fully saturated rings. The lowest BCUT2D eigenvalue weighted by molar-refractivity contribution is 0.653. The predicted molar refractivity (Wildman–Crippen MR) is 78.5 cm³/mol. The zero-order valence-corrected chi connectivity index (χ0v) is 11.7. The Labute approximate surface area is 122 Å². The first-order valence-electron chi connectivity index (χ1n) is 6.30. The number of hydrogen-bond acceptors (Lipinski definition) is 3. The van der Waals surface area contributed by atoms with Gasteiger partial charge in [-0.1, -0.05) is 53.6 Å². The number of aromatic nitrogens is 4. The molecule has 2 aromatic carbocycles. The van der Waals surface area contributed by atoms with Crippen molar-refractivity contribution in [3.8, 4) is 11.4 Å². The van der Waals surface area contributed by atoms with Gasteiger partial charge in [0.05, 0.1) is 6.54 Å². The van der Waals surface area contributed by atoms with E-state index < -0.39 is 0 Å².